The molecule has 7 heteroatoms. The van der Waals surface area contributed by atoms with Gasteiger partial charge in [-0.1, -0.05) is 11.6 Å². The number of rotatable bonds is 3. The lowest BCUT2D eigenvalue weighted by atomic mass is 10.1. The molecule has 4 nitrogen and oxygen atoms in total. The second-order valence-electron chi connectivity index (χ2n) is 4.65. The molecule has 0 saturated carbocycles. The van der Waals surface area contributed by atoms with E-state index >= 15 is 0 Å². The van der Waals surface area contributed by atoms with Gasteiger partial charge < -0.3 is 5.32 Å². The third-order valence-electron chi connectivity index (χ3n) is 3.00. The van der Waals surface area contributed by atoms with Gasteiger partial charge in [-0.25, -0.2) is 12.8 Å². The van der Waals surface area contributed by atoms with Crippen molar-refractivity contribution < 1.29 is 17.6 Å². The fraction of sp³-hybridized carbons (Fsp3) is 0.417. The maximum absolute atomic E-state index is 12.9. The first-order chi connectivity index (χ1) is 8.85. The maximum Gasteiger partial charge on any atom is 0.224 e. The van der Waals surface area contributed by atoms with Gasteiger partial charge in [0.05, 0.1) is 16.5 Å². The van der Waals surface area contributed by atoms with Gasteiger partial charge in [-0.3, -0.25) is 4.79 Å². The number of benzene rings is 1. The van der Waals surface area contributed by atoms with Crippen LogP contribution in [0.2, 0.25) is 5.02 Å². The smallest absolute Gasteiger partial charge is 0.224 e. The molecule has 1 unspecified atom stereocenters. The fourth-order valence-corrected chi connectivity index (χ4v) is 4.12. The molecule has 0 spiro atoms. The average Bonchev–Trinajstić information content (AvgIpc) is 2.63. The number of hydrogen-bond donors (Lipinski definition) is 1. The highest BCUT2D eigenvalue weighted by molar-refractivity contribution is 7.91. The van der Waals surface area contributed by atoms with Crippen LogP contribution >= 0.6 is 11.6 Å². The Bertz CT molecular complexity index is 603. The Morgan fingerprint density at radius 1 is 1.47 bits per heavy atom. The van der Waals surface area contributed by atoms with Crippen LogP contribution in [0.1, 0.15) is 12.8 Å². The van der Waals surface area contributed by atoms with Crippen LogP contribution < -0.4 is 5.32 Å². The van der Waals surface area contributed by atoms with E-state index in [2.05, 4.69) is 5.32 Å². The summed E-state index contributed by atoms with van der Waals surface area (Å²) in [6, 6.07) is 3.89. The van der Waals surface area contributed by atoms with Gasteiger partial charge in [-0.2, -0.15) is 0 Å². The second-order valence-corrected chi connectivity index (χ2v) is 7.29. The summed E-state index contributed by atoms with van der Waals surface area (Å²) in [4.78, 5) is 11.7. The second kappa shape index (κ2) is 5.46. The third-order valence-corrected chi connectivity index (χ3v) is 5.13. The maximum atomic E-state index is 12.9. The number of carbonyl (C=O) groups excluding carboxylic acids is 1. The molecule has 1 aliphatic rings. The lowest BCUT2D eigenvalue weighted by molar-refractivity contribution is -0.116. The van der Waals surface area contributed by atoms with E-state index in [0.29, 0.717) is 12.1 Å². The number of carbonyl (C=O) groups is 1. The topological polar surface area (TPSA) is 63.2 Å². The molecule has 1 aliphatic heterocycles. The van der Waals surface area contributed by atoms with Gasteiger partial charge >= 0.3 is 0 Å². The molecular weight excluding hydrogens is 293 g/mol. The van der Waals surface area contributed by atoms with Crippen LogP contribution in [0.3, 0.4) is 0 Å². The van der Waals surface area contributed by atoms with E-state index in [1.807, 2.05) is 0 Å². The zero-order chi connectivity index (χ0) is 14.0. The molecule has 2 rings (SSSR count). The number of amides is 1. The molecule has 0 bridgehead atoms. The Labute approximate surface area is 115 Å². The summed E-state index contributed by atoms with van der Waals surface area (Å²) >= 11 is 5.60. The van der Waals surface area contributed by atoms with Gasteiger partial charge in [-0.15, -0.1) is 0 Å². The third kappa shape index (κ3) is 3.91. The van der Waals surface area contributed by atoms with Gasteiger partial charge in [0.15, 0.2) is 9.84 Å². The van der Waals surface area contributed by atoms with E-state index < -0.39 is 15.7 Å². The summed E-state index contributed by atoms with van der Waals surface area (Å²) < 4.78 is 35.5. The van der Waals surface area contributed by atoms with Gasteiger partial charge in [-0.05, 0) is 30.5 Å². The molecule has 104 valence electrons. The molecule has 0 aromatic heterocycles. The standard InChI is InChI=1S/C12H13ClFNO3S/c13-10-6-9(1-2-11(10)14)15-12(16)5-8-3-4-19(17,18)7-8/h1-2,6,8H,3-5,7H2,(H,15,16). The largest absolute Gasteiger partial charge is 0.326 e. The Morgan fingerprint density at radius 3 is 2.79 bits per heavy atom. The molecule has 1 saturated heterocycles. The van der Waals surface area contributed by atoms with Crippen molar-refractivity contribution in [2.24, 2.45) is 5.92 Å². The molecule has 19 heavy (non-hydrogen) atoms. The van der Waals surface area contributed by atoms with Crippen molar-refractivity contribution in [2.45, 2.75) is 12.8 Å². The molecule has 0 radical (unpaired) electrons. The van der Waals surface area contributed by atoms with Crippen LogP contribution in [0.25, 0.3) is 0 Å². The van der Waals surface area contributed by atoms with Crippen LogP contribution in [-0.4, -0.2) is 25.8 Å². The van der Waals surface area contributed by atoms with Crippen molar-refractivity contribution >= 4 is 33.0 Å². The first-order valence-electron chi connectivity index (χ1n) is 5.81. The molecule has 1 fully saturated rings. The number of halogens is 2. The van der Waals surface area contributed by atoms with Gasteiger partial charge in [0, 0.05) is 12.1 Å². The van der Waals surface area contributed by atoms with Crippen LogP contribution in [0.5, 0.6) is 0 Å². The molecule has 0 aliphatic carbocycles. The van der Waals surface area contributed by atoms with Gasteiger partial charge in [0.25, 0.3) is 0 Å². The van der Waals surface area contributed by atoms with Crippen molar-refractivity contribution in [3.8, 4) is 0 Å². The number of hydrogen-bond acceptors (Lipinski definition) is 3. The van der Waals surface area contributed by atoms with E-state index in [0.717, 1.165) is 6.07 Å². The van der Waals surface area contributed by atoms with Crippen LogP contribution in [0.4, 0.5) is 10.1 Å². The predicted molar refractivity (Wildman–Crippen MR) is 71.4 cm³/mol. The van der Waals surface area contributed by atoms with E-state index in [1.54, 1.807) is 0 Å². The van der Waals surface area contributed by atoms with Crippen molar-refractivity contribution in [1.82, 2.24) is 0 Å². The lowest BCUT2D eigenvalue weighted by Crippen LogP contribution is -2.17. The van der Waals surface area contributed by atoms with Crippen LogP contribution in [0, 0.1) is 11.7 Å². The van der Waals surface area contributed by atoms with E-state index in [9.17, 15) is 17.6 Å². The zero-order valence-corrected chi connectivity index (χ0v) is 11.6. The Morgan fingerprint density at radius 2 is 2.21 bits per heavy atom. The first kappa shape index (κ1) is 14.3. The molecule has 1 heterocycles. The lowest BCUT2D eigenvalue weighted by Gasteiger charge is -2.09. The van der Waals surface area contributed by atoms with Gasteiger partial charge in [0.2, 0.25) is 5.91 Å². The normalized spacial score (nSPS) is 21.3. The van der Waals surface area contributed by atoms with Crippen LogP contribution in [-0.2, 0) is 14.6 Å². The highest BCUT2D eigenvalue weighted by Crippen LogP contribution is 2.23. The Balaban J connectivity index is 1.93. The minimum Gasteiger partial charge on any atom is -0.326 e. The molecule has 1 aromatic carbocycles. The summed E-state index contributed by atoms with van der Waals surface area (Å²) in [6.45, 7) is 0. The molecule has 1 N–H and O–H groups in total. The van der Waals surface area contributed by atoms with Gasteiger partial charge in [0.1, 0.15) is 5.82 Å². The minimum absolute atomic E-state index is 0.0601. The van der Waals surface area contributed by atoms with Crippen molar-refractivity contribution in [1.29, 1.82) is 0 Å². The van der Waals surface area contributed by atoms with Crippen molar-refractivity contribution in [3.05, 3.63) is 29.0 Å². The number of sulfone groups is 1. The molecule has 1 aromatic rings. The van der Waals surface area contributed by atoms with Crippen LogP contribution in [0.15, 0.2) is 18.2 Å². The van der Waals surface area contributed by atoms with Crippen molar-refractivity contribution in [3.63, 3.8) is 0 Å². The highest BCUT2D eigenvalue weighted by atomic mass is 35.5. The first-order valence-corrected chi connectivity index (χ1v) is 8.01. The molecule has 1 amide bonds. The Kier molecular flexibility index (Phi) is 4.10. The van der Waals surface area contributed by atoms with E-state index in [-0.39, 0.29) is 34.8 Å². The number of anilines is 1. The summed E-state index contributed by atoms with van der Waals surface area (Å²) in [7, 11) is -2.98. The fourth-order valence-electron chi connectivity index (χ4n) is 2.08. The average molecular weight is 306 g/mol. The quantitative estimate of drug-likeness (QED) is 0.931. The van der Waals surface area contributed by atoms with E-state index in [1.165, 1.54) is 12.1 Å². The summed E-state index contributed by atoms with van der Waals surface area (Å²) in [6.07, 6.45) is 0.661. The predicted octanol–water partition coefficient (Wildman–Crippen LogP) is 2.24. The summed E-state index contributed by atoms with van der Waals surface area (Å²) in [5.41, 5.74) is 0.400. The Hall–Kier alpha value is -1.14. The SMILES string of the molecule is O=C(CC1CCS(=O)(=O)C1)Nc1ccc(F)c(Cl)c1. The molecule has 1 atom stereocenters. The zero-order valence-electron chi connectivity index (χ0n) is 10.0. The van der Waals surface area contributed by atoms with E-state index in [4.69, 9.17) is 11.6 Å². The summed E-state index contributed by atoms with van der Waals surface area (Å²) in [5, 5.41) is 2.51. The number of nitrogens with one attached hydrogen (secondary N) is 1. The van der Waals surface area contributed by atoms with Crippen molar-refractivity contribution in [2.75, 3.05) is 16.8 Å². The monoisotopic (exact) mass is 305 g/mol. The molecular formula is C12H13ClFNO3S. The minimum atomic E-state index is -2.98. The highest BCUT2D eigenvalue weighted by Gasteiger charge is 2.29. The summed E-state index contributed by atoms with van der Waals surface area (Å²) in [5.74, 6) is -0.773.